The number of sulfonamides is 1. The number of halogens is 1. The van der Waals surface area contributed by atoms with Crippen LogP contribution < -0.4 is 0 Å². The van der Waals surface area contributed by atoms with Crippen LogP contribution in [0.5, 0.6) is 0 Å². The molecule has 1 saturated heterocycles. The lowest BCUT2D eigenvalue weighted by molar-refractivity contribution is 0.0541. The average molecular weight is 590 g/mol. The third-order valence-corrected chi connectivity index (χ3v) is 9.62. The molecule has 0 radical (unpaired) electrons. The number of benzene rings is 4. The van der Waals surface area contributed by atoms with E-state index in [2.05, 4.69) is 58.3 Å². The van der Waals surface area contributed by atoms with E-state index in [-0.39, 0.29) is 24.0 Å². The second-order valence-electron chi connectivity index (χ2n) is 10.5. The highest BCUT2D eigenvalue weighted by molar-refractivity contribution is 7.89. The van der Waals surface area contributed by atoms with Crippen LogP contribution in [-0.2, 0) is 16.6 Å². The molecule has 4 aromatic carbocycles. The Morgan fingerprint density at radius 3 is 1.78 bits per heavy atom. The van der Waals surface area contributed by atoms with E-state index in [1.54, 1.807) is 12.1 Å². The highest BCUT2D eigenvalue weighted by Crippen LogP contribution is 2.29. The maximum Gasteiger partial charge on any atom is 0.243 e. The lowest BCUT2D eigenvalue weighted by Gasteiger charge is -2.40. The fraction of sp³-hybridized carbons (Fsp3) is 0.273. The molecule has 0 aliphatic carbocycles. The standard InChI is InChI=1S/C33H36ClN3O3S/c34-30-16-18-32(19-17-30)41(39,40)37(24-27-10-4-1-5-11-27)26-31(38)25-35-20-22-36(23-21-35)33(28-12-6-2-7-13-28)29-14-8-3-9-15-29/h1-19,31,33,38H,20-26H2/t31-/m0/s1. The number of nitrogens with zero attached hydrogens (tertiary/aromatic N) is 3. The van der Waals surface area contributed by atoms with Crippen molar-refractivity contribution in [3.63, 3.8) is 0 Å². The second-order valence-corrected chi connectivity index (χ2v) is 12.8. The van der Waals surface area contributed by atoms with Gasteiger partial charge >= 0.3 is 0 Å². The monoisotopic (exact) mass is 589 g/mol. The van der Waals surface area contributed by atoms with Crippen LogP contribution in [0.2, 0.25) is 5.02 Å². The fourth-order valence-electron chi connectivity index (χ4n) is 5.47. The smallest absolute Gasteiger partial charge is 0.243 e. The summed E-state index contributed by atoms with van der Waals surface area (Å²) in [7, 11) is -3.85. The van der Waals surface area contributed by atoms with Crippen LogP contribution in [-0.4, -0.2) is 73.0 Å². The van der Waals surface area contributed by atoms with Crippen molar-refractivity contribution in [2.45, 2.75) is 23.6 Å². The van der Waals surface area contributed by atoms with Gasteiger partial charge in [-0.05, 0) is 41.0 Å². The number of rotatable bonds is 11. The van der Waals surface area contributed by atoms with Crippen molar-refractivity contribution in [2.24, 2.45) is 0 Å². The molecule has 41 heavy (non-hydrogen) atoms. The van der Waals surface area contributed by atoms with Crippen molar-refractivity contribution in [1.82, 2.24) is 14.1 Å². The van der Waals surface area contributed by atoms with Crippen molar-refractivity contribution >= 4 is 21.6 Å². The van der Waals surface area contributed by atoms with Crippen molar-refractivity contribution in [3.8, 4) is 0 Å². The molecule has 0 unspecified atom stereocenters. The Hall–Kier alpha value is -3.04. The molecule has 1 aliphatic rings. The van der Waals surface area contributed by atoms with E-state index in [1.807, 2.05) is 42.5 Å². The molecule has 1 heterocycles. The zero-order valence-corrected chi connectivity index (χ0v) is 24.5. The third kappa shape index (κ3) is 7.63. The minimum atomic E-state index is -3.85. The first kappa shape index (κ1) is 29.5. The van der Waals surface area contributed by atoms with Crippen molar-refractivity contribution in [1.29, 1.82) is 0 Å². The number of aliphatic hydroxyl groups is 1. The molecule has 214 valence electrons. The molecule has 0 amide bonds. The zero-order valence-electron chi connectivity index (χ0n) is 23.0. The van der Waals surface area contributed by atoms with E-state index in [4.69, 9.17) is 11.6 Å². The first-order valence-corrected chi connectivity index (χ1v) is 15.8. The van der Waals surface area contributed by atoms with E-state index in [0.717, 1.165) is 31.7 Å². The van der Waals surface area contributed by atoms with Gasteiger partial charge in [0.05, 0.1) is 17.0 Å². The molecule has 0 aromatic heterocycles. The van der Waals surface area contributed by atoms with E-state index < -0.39 is 16.1 Å². The molecule has 6 nitrogen and oxygen atoms in total. The zero-order chi connectivity index (χ0) is 28.7. The molecule has 5 rings (SSSR count). The van der Waals surface area contributed by atoms with Gasteiger partial charge in [-0.3, -0.25) is 9.80 Å². The van der Waals surface area contributed by atoms with Crippen LogP contribution >= 0.6 is 11.6 Å². The predicted molar refractivity (Wildman–Crippen MR) is 164 cm³/mol. The van der Waals surface area contributed by atoms with E-state index in [9.17, 15) is 13.5 Å². The van der Waals surface area contributed by atoms with E-state index in [0.29, 0.717) is 11.6 Å². The highest BCUT2D eigenvalue weighted by Gasteiger charge is 2.30. The molecule has 1 N–H and O–H groups in total. The van der Waals surface area contributed by atoms with Crippen LogP contribution in [0.3, 0.4) is 0 Å². The predicted octanol–water partition coefficient (Wildman–Crippen LogP) is 5.30. The van der Waals surface area contributed by atoms with Gasteiger partial charge in [0.1, 0.15) is 0 Å². The Labute approximate surface area is 248 Å². The number of aliphatic hydroxyl groups excluding tert-OH is 1. The molecule has 1 aliphatic heterocycles. The Kier molecular flexibility index (Phi) is 9.88. The summed E-state index contributed by atoms with van der Waals surface area (Å²) >= 11 is 6.01. The van der Waals surface area contributed by atoms with Crippen molar-refractivity contribution in [2.75, 3.05) is 39.3 Å². The van der Waals surface area contributed by atoms with Gasteiger partial charge in [0.2, 0.25) is 10.0 Å². The molecular formula is C33H36ClN3O3S. The van der Waals surface area contributed by atoms with Gasteiger partial charge in [-0.15, -0.1) is 0 Å². The van der Waals surface area contributed by atoms with E-state index in [1.165, 1.54) is 27.6 Å². The third-order valence-electron chi connectivity index (χ3n) is 7.54. The largest absolute Gasteiger partial charge is 0.390 e. The Balaban J connectivity index is 1.25. The van der Waals surface area contributed by atoms with Gasteiger partial charge in [-0.2, -0.15) is 4.31 Å². The van der Waals surface area contributed by atoms with Crippen LogP contribution in [0.25, 0.3) is 0 Å². The van der Waals surface area contributed by atoms with Gasteiger partial charge in [0, 0.05) is 50.8 Å². The summed E-state index contributed by atoms with van der Waals surface area (Å²) < 4.78 is 28.6. The SMILES string of the molecule is O=S(=O)(c1ccc(Cl)cc1)N(Cc1ccccc1)C[C@@H](O)CN1CCN(C(c2ccccc2)c2ccccc2)CC1. The number of hydrogen-bond donors (Lipinski definition) is 1. The van der Waals surface area contributed by atoms with Crippen LogP contribution in [0.1, 0.15) is 22.7 Å². The van der Waals surface area contributed by atoms with Crippen LogP contribution in [0.15, 0.2) is 120 Å². The molecule has 8 heteroatoms. The molecule has 0 bridgehead atoms. The summed E-state index contributed by atoms with van der Waals surface area (Å²) in [6.45, 7) is 3.83. The van der Waals surface area contributed by atoms with Crippen LogP contribution in [0.4, 0.5) is 0 Å². The van der Waals surface area contributed by atoms with Crippen LogP contribution in [0, 0.1) is 0 Å². The first-order valence-electron chi connectivity index (χ1n) is 13.9. The summed E-state index contributed by atoms with van der Waals surface area (Å²) in [5, 5.41) is 11.6. The summed E-state index contributed by atoms with van der Waals surface area (Å²) in [5.74, 6) is 0. The molecule has 1 fully saturated rings. The number of hydrogen-bond acceptors (Lipinski definition) is 5. The molecule has 0 saturated carbocycles. The normalized spacial score (nSPS) is 15.8. The topological polar surface area (TPSA) is 64.1 Å². The lowest BCUT2D eigenvalue weighted by atomic mass is 9.96. The summed E-state index contributed by atoms with van der Waals surface area (Å²) in [4.78, 5) is 4.87. The first-order chi connectivity index (χ1) is 19.9. The molecule has 1 atom stereocenters. The number of piperazine rings is 1. The second kappa shape index (κ2) is 13.7. The fourth-order valence-corrected chi connectivity index (χ4v) is 7.06. The minimum absolute atomic E-state index is 0.00325. The minimum Gasteiger partial charge on any atom is -0.390 e. The maximum atomic E-state index is 13.6. The van der Waals surface area contributed by atoms with Crippen molar-refractivity contribution in [3.05, 3.63) is 137 Å². The van der Waals surface area contributed by atoms with Gasteiger partial charge in [0.25, 0.3) is 0 Å². The van der Waals surface area contributed by atoms with E-state index >= 15 is 0 Å². The van der Waals surface area contributed by atoms with Crippen molar-refractivity contribution < 1.29 is 13.5 Å². The lowest BCUT2D eigenvalue weighted by Crippen LogP contribution is -2.51. The summed E-state index contributed by atoms with van der Waals surface area (Å²) in [6.07, 6.45) is -0.841. The van der Waals surface area contributed by atoms with Gasteiger partial charge in [-0.25, -0.2) is 8.42 Å². The Morgan fingerprint density at radius 1 is 0.732 bits per heavy atom. The summed E-state index contributed by atoms with van der Waals surface area (Å²) in [6, 6.07) is 36.9. The summed E-state index contributed by atoms with van der Waals surface area (Å²) in [5.41, 5.74) is 3.38. The maximum absolute atomic E-state index is 13.6. The highest BCUT2D eigenvalue weighted by atomic mass is 35.5. The Morgan fingerprint density at radius 2 is 1.24 bits per heavy atom. The quantitative estimate of drug-likeness (QED) is 0.257. The number of β-amino-alcohol motifs (C(OH)–C–C–N with tert-alkyl or cyclic N) is 1. The molecule has 4 aromatic rings. The Bertz CT molecular complexity index is 1430. The van der Waals surface area contributed by atoms with Gasteiger partial charge < -0.3 is 5.11 Å². The average Bonchev–Trinajstić information content (AvgIpc) is 3.00. The van der Waals surface area contributed by atoms with Gasteiger partial charge in [0.15, 0.2) is 0 Å². The molecular weight excluding hydrogens is 554 g/mol. The van der Waals surface area contributed by atoms with Gasteiger partial charge in [-0.1, -0.05) is 103 Å². The molecule has 0 spiro atoms.